The second-order valence-electron chi connectivity index (χ2n) is 9.92. The molecule has 5 aromatic rings. The number of aliphatic hydroxyl groups is 1. The molecule has 0 aliphatic rings. The van der Waals surface area contributed by atoms with Gasteiger partial charge in [-0.2, -0.15) is 14.9 Å². The number of carbonyl (C=O) groups is 1. The summed E-state index contributed by atoms with van der Waals surface area (Å²) in [5.74, 6) is -1.45. The average Bonchev–Trinajstić information content (AvgIpc) is 3.38. The molecule has 0 saturated heterocycles. The van der Waals surface area contributed by atoms with Crippen molar-refractivity contribution < 1.29 is 23.4 Å². The Morgan fingerprint density at radius 1 is 1.07 bits per heavy atom. The molecule has 13 heteroatoms. The van der Waals surface area contributed by atoms with Crippen molar-refractivity contribution in [2.45, 2.75) is 13.8 Å². The number of hydrogen-bond donors (Lipinski definition) is 4. The standard InChI is InChI=1S/C28H25F2N7O4/c1-28(2,15-38)14-32-25-23-22(10-11-31-24(23)35-36-25)41-21-8-5-17(13-20(21)30)34-26(39)19-9-12-33-37(27(19)40)18-6-3-16(29)4-7-18/h3-13,38H,14-15H2,1-2H3,(H,34,39)(H2,31,32,35,36). The second-order valence-corrected chi connectivity index (χ2v) is 9.92. The van der Waals surface area contributed by atoms with E-state index in [-0.39, 0.29) is 35.0 Å². The molecule has 2 aromatic carbocycles. The third-order valence-corrected chi connectivity index (χ3v) is 6.16. The van der Waals surface area contributed by atoms with E-state index in [1.165, 1.54) is 54.9 Å². The largest absolute Gasteiger partial charge is 0.453 e. The number of benzene rings is 2. The summed E-state index contributed by atoms with van der Waals surface area (Å²) in [5, 5.41) is 26.6. The molecule has 3 aromatic heterocycles. The van der Waals surface area contributed by atoms with Gasteiger partial charge in [0.25, 0.3) is 11.5 Å². The number of H-pyrrole nitrogens is 1. The zero-order valence-electron chi connectivity index (χ0n) is 22.0. The summed E-state index contributed by atoms with van der Waals surface area (Å²) in [7, 11) is 0. The van der Waals surface area contributed by atoms with Crippen LogP contribution in [0.25, 0.3) is 16.7 Å². The minimum absolute atomic E-state index is 0.0381. The molecule has 1 amide bonds. The highest BCUT2D eigenvalue weighted by Gasteiger charge is 2.20. The number of aromatic amines is 1. The fourth-order valence-corrected chi connectivity index (χ4v) is 3.84. The number of nitrogens with zero attached hydrogens (tertiary/aromatic N) is 4. The van der Waals surface area contributed by atoms with E-state index in [9.17, 15) is 19.1 Å². The van der Waals surface area contributed by atoms with Crippen LogP contribution in [0, 0.1) is 17.0 Å². The first-order valence-electron chi connectivity index (χ1n) is 12.5. The van der Waals surface area contributed by atoms with Crippen molar-refractivity contribution in [3.8, 4) is 17.2 Å². The Morgan fingerprint density at radius 2 is 1.85 bits per heavy atom. The van der Waals surface area contributed by atoms with Crippen LogP contribution in [0.15, 0.2) is 71.8 Å². The lowest BCUT2D eigenvalue weighted by Gasteiger charge is -2.21. The Kier molecular flexibility index (Phi) is 7.44. The number of nitrogens with one attached hydrogen (secondary N) is 3. The van der Waals surface area contributed by atoms with Crippen molar-refractivity contribution in [2.24, 2.45) is 5.41 Å². The molecule has 11 nitrogen and oxygen atoms in total. The van der Waals surface area contributed by atoms with Crippen LogP contribution >= 0.6 is 0 Å². The Hall–Kier alpha value is -5.17. The molecule has 4 N–H and O–H groups in total. The van der Waals surface area contributed by atoms with Gasteiger partial charge in [-0.15, -0.1) is 0 Å². The van der Waals surface area contributed by atoms with Crippen LogP contribution in [-0.4, -0.2) is 49.1 Å². The molecule has 0 fully saturated rings. The van der Waals surface area contributed by atoms with Crippen molar-refractivity contribution in [3.05, 3.63) is 94.5 Å². The van der Waals surface area contributed by atoms with Crippen LogP contribution in [0.5, 0.6) is 11.5 Å². The van der Waals surface area contributed by atoms with Gasteiger partial charge >= 0.3 is 0 Å². The molecule has 0 bridgehead atoms. The minimum atomic E-state index is -0.780. The Bertz CT molecular complexity index is 1790. The van der Waals surface area contributed by atoms with E-state index in [4.69, 9.17) is 4.74 Å². The van der Waals surface area contributed by atoms with Gasteiger partial charge in [0.05, 0.1) is 5.69 Å². The lowest BCUT2D eigenvalue weighted by molar-refractivity contribution is 0.102. The molecule has 41 heavy (non-hydrogen) atoms. The van der Waals surface area contributed by atoms with Crippen molar-refractivity contribution in [2.75, 3.05) is 23.8 Å². The SMILES string of the molecule is CC(C)(CO)CNc1n[nH]c2nccc(Oc3ccc(NC(=O)c4ccnn(-c5ccc(F)cc5)c4=O)cc3F)c12. The predicted molar refractivity (Wildman–Crippen MR) is 147 cm³/mol. The number of rotatable bonds is 9. The van der Waals surface area contributed by atoms with Crippen LogP contribution in [0.3, 0.4) is 0 Å². The summed E-state index contributed by atoms with van der Waals surface area (Å²) in [4.78, 5) is 30.0. The third kappa shape index (κ3) is 5.89. The molecule has 0 aliphatic heterocycles. The van der Waals surface area contributed by atoms with Crippen LogP contribution in [0.4, 0.5) is 20.3 Å². The normalized spacial score (nSPS) is 11.4. The quantitative estimate of drug-likeness (QED) is 0.209. The third-order valence-electron chi connectivity index (χ3n) is 6.16. The Balaban J connectivity index is 1.35. The van der Waals surface area contributed by atoms with Gasteiger partial charge < -0.3 is 20.5 Å². The molecule has 0 atom stereocenters. The molecular formula is C28H25F2N7O4. The number of halogens is 2. The molecule has 0 spiro atoms. The fraction of sp³-hybridized carbons (Fsp3) is 0.179. The van der Waals surface area contributed by atoms with E-state index >= 15 is 4.39 Å². The summed E-state index contributed by atoms with van der Waals surface area (Å²) >= 11 is 0. The predicted octanol–water partition coefficient (Wildman–Crippen LogP) is 4.26. The molecule has 0 saturated carbocycles. The Labute approximate surface area is 231 Å². The van der Waals surface area contributed by atoms with Gasteiger partial charge in [0.15, 0.2) is 23.0 Å². The molecule has 5 rings (SSSR count). The van der Waals surface area contributed by atoms with E-state index in [0.29, 0.717) is 23.4 Å². The van der Waals surface area contributed by atoms with Crippen LogP contribution in [0.1, 0.15) is 24.2 Å². The van der Waals surface area contributed by atoms with Crippen LogP contribution < -0.4 is 20.9 Å². The van der Waals surface area contributed by atoms with Crippen molar-refractivity contribution >= 4 is 28.4 Å². The number of aromatic nitrogens is 5. The molecule has 210 valence electrons. The summed E-state index contributed by atoms with van der Waals surface area (Å²) in [6.45, 7) is 4.14. The topological polar surface area (TPSA) is 147 Å². The number of amides is 1. The van der Waals surface area contributed by atoms with E-state index in [1.807, 2.05) is 13.8 Å². The highest BCUT2D eigenvalue weighted by Crippen LogP contribution is 2.34. The second kappa shape index (κ2) is 11.1. The number of anilines is 2. The van der Waals surface area contributed by atoms with Crippen molar-refractivity contribution in [1.29, 1.82) is 0 Å². The number of hydrogen-bond acceptors (Lipinski definition) is 8. The maximum absolute atomic E-state index is 15.1. The van der Waals surface area contributed by atoms with Crippen LogP contribution in [-0.2, 0) is 0 Å². The lowest BCUT2D eigenvalue weighted by Crippen LogP contribution is -2.29. The van der Waals surface area contributed by atoms with Gasteiger partial charge in [-0.1, -0.05) is 13.8 Å². The maximum Gasteiger partial charge on any atom is 0.284 e. The molecule has 3 heterocycles. The van der Waals surface area contributed by atoms with E-state index in [1.54, 1.807) is 6.07 Å². The Morgan fingerprint density at radius 3 is 2.59 bits per heavy atom. The molecule has 0 radical (unpaired) electrons. The zero-order valence-corrected chi connectivity index (χ0v) is 22.0. The smallest absolute Gasteiger partial charge is 0.284 e. The number of ether oxygens (including phenoxy) is 1. The summed E-state index contributed by atoms with van der Waals surface area (Å²) in [6.07, 6.45) is 2.74. The van der Waals surface area contributed by atoms with E-state index < -0.39 is 28.5 Å². The first-order valence-corrected chi connectivity index (χ1v) is 12.5. The van der Waals surface area contributed by atoms with Crippen LogP contribution in [0.2, 0.25) is 0 Å². The van der Waals surface area contributed by atoms with Gasteiger partial charge in [0, 0.05) is 48.8 Å². The average molecular weight is 562 g/mol. The fourth-order valence-electron chi connectivity index (χ4n) is 3.84. The summed E-state index contributed by atoms with van der Waals surface area (Å²) < 4.78 is 35.2. The highest BCUT2D eigenvalue weighted by molar-refractivity contribution is 6.04. The first kappa shape index (κ1) is 27.4. The number of pyridine rings is 1. The number of carbonyl (C=O) groups excluding carboxylic acids is 1. The summed E-state index contributed by atoms with van der Waals surface area (Å²) in [6, 6.07) is 11.7. The van der Waals surface area contributed by atoms with E-state index in [0.717, 1.165) is 10.7 Å². The molecular weight excluding hydrogens is 536 g/mol. The maximum atomic E-state index is 15.1. The van der Waals surface area contributed by atoms with E-state index in [2.05, 4.69) is 30.9 Å². The van der Waals surface area contributed by atoms with Crippen molar-refractivity contribution in [1.82, 2.24) is 25.0 Å². The van der Waals surface area contributed by atoms with Gasteiger partial charge in [-0.25, -0.2) is 13.8 Å². The minimum Gasteiger partial charge on any atom is -0.453 e. The lowest BCUT2D eigenvalue weighted by atomic mass is 9.95. The number of aliphatic hydroxyl groups excluding tert-OH is 1. The van der Waals surface area contributed by atoms with Gasteiger partial charge in [0.2, 0.25) is 0 Å². The molecule has 0 aliphatic carbocycles. The van der Waals surface area contributed by atoms with Gasteiger partial charge in [0.1, 0.15) is 22.5 Å². The molecule has 0 unspecified atom stereocenters. The van der Waals surface area contributed by atoms with Crippen molar-refractivity contribution in [3.63, 3.8) is 0 Å². The zero-order chi connectivity index (χ0) is 29.1. The number of fused-ring (bicyclic) bond motifs is 1. The highest BCUT2D eigenvalue weighted by atomic mass is 19.1. The monoisotopic (exact) mass is 561 g/mol. The summed E-state index contributed by atoms with van der Waals surface area (Å²) in [5.41, 5.74) is -0.609. The van der Waals surface area contributed by atoms with Gasteiger partial charge in [-0.05, 0) is 42.5 Å². The first-order chi connectivity index (χ1) is 19.6. The van der Waals surface area contributed by atoms with Gasteiger partial charge in [-0.3, -0.25) is 14.7 Å².